The highest BCUT2D eigenvalue weighted by Gasteiger charge is 2.24. The van der Waals surface area contributed by atoms with Gasteiger partial charge in [0.05, 0.1) is 6.61 Å². The van der Waals surface area contributed by atoms with Gasteiger partial charge in [-0.2, -0.15) is 0 Å². The lowest BCUT2D eigenvalue weighted by Crippen LogP contribution is -2.39. The van der Waals surface area contributed by atoms with E-state index in [1.807, 2.05) is 24.3 Å². The van der Waals surface area contributed by atoms with Crippen molar-refractivity contribution in [2.75, 3.05) is 20.2 Å². The van der Waals surface area contributed by atoms with E-state index in [1.165, 1.54) is 25.7 Å². The van der Waals surface area contributed by atoms with Crippen molar-refractivity contribution in [3.05, 3.63) is 29.8 Å². The second-order valence-electron chi connectivity index (χ2n) is 6.36. The third-order valence-electron chi connectivity index (χ3n) is 4.72. The fourth-order valence-corrected chi connectivity index (χ4v) is 3.34. The highest BCUT2D eigenvalue weighted by atomic mass is 16.5. The molecule has 118 valence electrons. The molecule has 0 radical (unpaired) electrons. The standard InChI is InChI=1S/C18H30N2O/c1-15-6-3-4-7-18(15)20(2)12-5-13-21-17-10-8-16(14-19)9-11-17/h8-11,15,18H,3-7,12-14,19H2,1-2H3. The number of benzene rings is 1. The van der Waals surface area contributed by atoms with Gasteiger partial charge in [-0.15, -0.1) is 0 Å². The number of nitrogens with two attached hydrogens (primary N) is 1. The lowest BCUT2D eigenvalue weighted by atomic mass is 9.85. The molecule has 1 aromatic carbocycles. The van der Waals surface area contributed by atoms with Crippen LogP contribution in [0.1, 0.15) is 44.6 Å². The smallest absolute Gasteiger partial charge is 0.119 e. The first-order valence-electron chi connectivity index (χ1n) is 8.32. The summed E-state index contributed by atoms with van der Waals surface area (Å²) in [5.74, 6) is 1.79. The molecule has 1 fully saturated rings. The van der Waals surface area contributed by atoms with Gasteiger partial charge in [0.25, 0.3) is 0 Å². The van der Waals surface area contributed by atoms with Crippen LogP contribution in [0, 0.1) is 5.92 Å². The molecular weight excluding hydrogens is 260 g/mol. The van der Waals surface area contributed by atoms with E-state index in [-0.39, 0.29) is 0 Å². The Bertz CT molecular complexity index is 404. The molecule has 21 heavy (non-hydrogen) atoms. The van der Waals surface area contributed by atoms with E-state index >= 15 is 0 Å². The minimum absolute atomic E-state index is 0.588. The Morgan fingerprint density at radius 1 is 1.19 bits per heavy atom. The Hall–Kier alpha value is -1.06. The average Bonchev–Trinajstić information content (AvgIpc) is 2.52. The molecule has 2 N–H and O–H groups in total. The third kappa shape index (κ3) is 5.01. The molecule has 0 aromatic heterocycles. The van der Waals surface area contributed by atoms with Crippen molar-refractivity contribution in [2.24, 2.45) is 11.7 Å². The first-order valence-corrected chi connectivity index (χ1v) is 8.32. The predicted octanol–water partition coefficient (Wildman–Crippen LogP) is 3.42. The zero-order chi connectivity index (χ0) is 15.1. The van der Waals surface area contributed by atoms with Gasteiger partial charge in [-0.25, -0.2) is 0 Å². The van der Waals surface area contributed by atoms with Crippen LogP contribution in [0.3, 0.4) is 0 Å². The van der Waals surface area contributed by atoms with Gasteiger partial charge in [0.1, 0.15) is 5.75 Å². The molecule has 2 atom stereocenters. The Labute approximate surface area is 129 Å². The lowest BCUT2D eigenvalue weighted by molar-refractivity contribution is 0.131. The monoisotopic (exact) mass is 290 g/mol. The van der Waals surface area contributed by atoms with Gasteiger partial charge in [0.15, 0.2) is 0 Å². The van der Waals surface area contributed by atoms with E-state index < -0.39 is 0 Å². The summed E-state index contributed by atoms with van der Waals surface area (Å²) in [6.45, 7) is 4.89. The highest BCUT2D eigenvalue weighted by molar-refractivity contribution is 5.26. The normalized spacial score (nSPS) is 22.5. The largest absolute Gasteiger partial charge is 0.494 e. The Kier molecular flexibility index (Phi) is 6.52. The molecule has 1 saturated carbocycles. The summed E-state index contributed by atoms with van der Waals surface area (Å²) < 4.78 is 5.80. The Morgan fingerprint density at radius 3 is 2.57 bits per heavy atom. The summed E-state index contributed by atoms with van der Waals surface area (Å²) in [6.07, 6.45) is 6.63. The van der Waals surface area contributed by atoms with Crippen LogP contribution in [0.15, 0.2) is 24.3 Å². The number of rotatable bonds is 7. The van der Waals surface area contributed by atoms with Crippen LogP contribution in [0.25, 0.3) is 0 Å². The molecule has 1 aliphatic rings. The number of ether oxygens (including phenoxy) is 1. The molecule has 0 bridgehead atoms. The molecule has 2 rings (SSSR count). The highest BCUT2D eigenvalue weighted by Crippen LogP contribution is 2.27. The maximum atomic E-state index is 5.80. The Morgan fingerprint density at radius 2 is 1.90 bits per heavy atom. The fourth-order valence-electron chi connectivity index (χ4n) is 3.34. The molecule has 1 aliphatic carbocycles. The van der Waals surface area contributed by atoms with Crippen LogP contribution in [-0.4, -0.2) is 31.1 Å². The SMILES string of the molecule is CC1CCCCC1N(C)CCCOc1ccc(CN)cc1. The molecule has 0 heterocycles. The second-order valence-corrected chi connectivity index (χ2v) is 6.36. The molecule has 0 spiro atoms. The van der Waals surface area contributed by atoms with E-state index in [0.717, 1.165) is 42.8 Å². The van der Waals surface area contributed by atoms with E-state index in [0.29, 0.717) is 6.54 Å². The van der Waals surface area contributed by atoms with Gasteiger partial charge >= 0.3 is 0 Å². The molecule has 3 nitrogen and oxygen atoms in total. The van der Waals surface area contributed by atoms with Crippen molar-refractivity contribution in [3.63, 3.8) is 0 Å². The topological polar surface area (TPSA) is 38.5 Å². The van der Waals surface area contributed by atoms with Gasteiger partial charge < -0.3 is 15.4 Å². The van der Waals surface area contributed by atoms with E-state index in [4.69, 9.17) is 10.5 Å². The van der Waals surface area contributed by atoms with E-state index in [2.05, 4.69) is 18.9 Å². The van der Waals surface area contributed by atoms with Crippen molar-refractivity contribution in [3.8, 4) is 5.75 Å². The molecule has 1 aromatic rings. The third-order valence-corrected chi connectivity index (χ3v) is 4.72. The summed E-state index contributed by atoms with van der Waals surface area (Å²) in [5.41, 5.74) is 6.74. The summed E-state index contributed by atoms with van der Waals surface area (Å²) in [5, 5.41) is 0. The average molecular weight is 290 g/mol. The lowest BCUT2D eigenvalue weighted by Gasteiger charge is -2.36. The first-order chi connectivity index (χ1) is 10.2. The minimum Gasteiger partial charge on any atom is -0.494 e. The Balaban J connectivity index is 1.66. The maximum absolute atomic E-state index is 5.80. The quantitative estimate of drug-likeness (QED) is 0.782. The molecule has 0 saturated heterocycles. The molecule has 3 heteroatoms. The van der Waals surface area contributed by atoms with Crippen molar-refractivity contribution in [1.82, 2.24) is 4.90 Å². The van der Waals surface area contributed by atoms with Crippen LogP contribution in [0.2, 0.25) is 0 Å². The fraction of sp³-hybridized carbons (Fsp3) is 0.667. The van der Waals surface area contributed by atoms with E-state index in [9.17, 15) is 0 Å². The van der Waals surface area contributed by atoms with Crippen molar-refractivity contribution >= 4 is 0 Å². The molecular formula is C18H30N2O. The van der Waals surface area contributed by atoms with Crippen molar-refractivity contribution in [1.29, 1.82) is 0 Å². The number of hydrogen-bond acceptors (Lipinski definition) is 3. The number of nitrogens with zero attached hydrogens (tertiary/aromatic N) is 1. The van der Waals surface area contributed by atoms with Crippen LogP contribution >= 0.6 is 0 Å². The summed E-state index contributed by atoms with van der Waals surface area (Å²) in [4.78, 5) is 2.53. The number of hydrogen-bond donors (Lipinski definition) is 1. The zero-order valence-corrected chi connectivity index (χ0v) is 13.6. The van der Waals surface area contributed by atoms with Gasteiger partial charge in [-0.3, -0.25) is 0 Å². The summed E-state index contributed by atoms with van der Waals surface area (Å²) >= 11 is 0. The van der Waals surface area contributed by atoms with Gasteiger partial charge in [-0.05, 0) is 49.9 Å². The summed E-state index contributed by atoms with van der Waals surface area (Å²) in [6, 6.07) is 8.85. The van der Waals surface area contributed by atoms with Crippen molar-refractivity contribution < 1.29 is 4.74 Å². The van der Waals surface area contributed by atoms with Crippen LogP contribution in [0.4, 0.5) is 0 Å². The predicted molar refractivity (Wildman–Crippen MR) is 88.5 cm³/mol. The van der Waals surface area contributed by atoms with Crippen molar-refractivity contribution in [2.45, 2.75) is 51.6 Å². The zero-order valence-electron chi connectivity index (χ0n) is 13.6. The molecule has 2 unspecified atom stereocenters. The van der Waals surface area contributed by atoms with Crippen LogP contribution in [-0.2, 0) is 6.54 Å². The first kappa shape index (κ1) is 16.3. The van der Waals surface area contributed by atoms with Gasteiger partial charge in [0, 0.05) is 19.1 Å². The second kappa shape index (κ2) is 8.40. The van der Waals surface area contributed by atoms with Gasteiger partial charge in [-0.1, -0.05) is 31.9 Å². The van der Waals surface area contributed by atoms with Gasteiger partial charge in [0.2, 0.25) is 0 Å². The van der Waals surface area contributed by atoms with Crippen LogP contribution < -0.4 is 10.5 Å². The molecule has 0 amide bonds. The summed E-state index contributed by atoms with van der Waals surface area (Å²) in [7, 11) is 2.27. The molecule has 0 aliphatic heterocycles. The maximum Gasteiger partial charge on any atom is 0.119 e. The minimum atomic E-state index is 0.588. The van der Waals surface area contributed by atoms with E-state index in [1.54, 1.807) is 0 Å². The van der Waals surface area contributed by atoms with Crippen LogP contribution in [0.5, 0.6) is 5.75 Å².